The summed E-state index contributed by atoms with van der Waals surface area (Å²) >= 11 is 1.43. The molecule has 2 aromatic heterocycles. The Balaban J connectivity index is 1.37. The first kappa shape index (κ1) is 19.8. The van der Waals surface area contributed by atoms with Gasteiger partial charge in [0.25, 0.3) is 0 Å². The predicted molar refractivity (Wildman–Crippen MR) is 115 cm³/mol. The minimum atomic E-state index is -0.492. The quantitative estimate of drug-likeness (QED) is 0.608. The molecule has 8 nitrogen and oxygen atoms in total. The van der Waals surface area contributed by atoms with Gasteiger partial charge in [0, 0.05) is 17.3 Å². The number of benzene rings is 1. The Bertz CT molecular complexity index is 1130. The number of hydrogen-bond acceptors (Lipinski definition) is 8. The van der Waals surface area contributed by atoms with Crippen LogP contribution in [0.5, 0.6) is 0 Å². The smallest absolute Gasteiger partial charge is 0.247 e. The van der Waals surface area contributed by atoms with Gasteiger partial charge in [-0.3, -0.25) is 4.79 Å². The lowest BCUT2D eigenvalue weighted by atomic mass is 10.1. The molecule has 31 heavy (non-hydrogen) atoms. The van der Waals surface area contributed by atoms with E-state index in [9.17, 15) is 9.18 Å². The molecule has 1 aromatic carbocycles. The highest BCUT2D eigenvalue weighted by molar-refractivity contribution is 7.98. The molecule has 0 spiro atoms. The Kier molecular flexibility index (Phi) is 5.01. The fourth-order valence-electron chi connectivity index (χ4n) is 4.11. The molecular weight excluding hydrogens is 417 g/mol. The van der Waals surface area contributed by atoms with E-state index in [1.165, 1.54) is 11.8 Å². The molecule has 3 atom stereocenters. The predicted octanol–water partition coefficient (Wildman–Crippen LogP) is 3.10. The third-order valence-electron chi connectivity index (χ3n) is 5.75. The molecule has 2 aliphatic rings. The number of carbonyl (C=O) groups is 1. The van der Waals surface area contributed by atoms with Crippen molar-refractivity contribution in [3.63, 3.8) is 0 Å². The zero-order valence-corrected chi connectivity index (χ0v) is 17.8. The van der Waals surface area contributed by atoms with Crippen LogP contribution in [0.25, 0.3) is 11.4 Å². The van der Waals surface area contributed by atoms with E-state index < -0.39 is 5.82 Å². The van der Waals surface area contributed by atoms with Crippen LogP contribution in [-0.2, 0) is 4.79 Å². The van der Waals surface area contributed by atoms with Gasteiger partial charge >= 0.3 is 0 Å². The van der Waals surface area contributed by atoms with Gasteiger partial charge in [-0.2, -0.15) is 0 Å². The number of rotatable bonds is 5. The SMILES string of the molecule is CSc1ncc(N2C(C(=O)Nc3ccc(C)c(-c4ncc(F)cn4)c3)C[C@H]3CC32)nn1. The van der Waals surface area contributed by atoms with Crippen LogP contribution >= 0.6 is 11.8 Å². The number of nitrogens with zero attached hydrogens (tertiary/aromatic N) is 6. The van der Waals surface area contributed by atoms with E-state index in [1.54, 1.807) is 6.20 Å². The van der Waals surface area contributed by atoms with Crippen LogP contribution in [-0.4, -0.2) is 49.4 Å². The Morgan fingerprint density at radius 2 is 1.97 bits per heavy atom. The van der Waals surface area contributed by atoms with Crippen LogP contribution in [0.2, 0.25) is 0 Å². The summed E-state index contributed by atoms with van der Waals surface area (Å²) < 4.78 is 13.2. The molecule has 1 aliphatic carbocycles. The Hall–Kier alpha value is -3.14. The van der Waals surface area contributed by atoms with Gasteiger partial charge < -0.3 is 10.2 Å². The van der Waals surface area contributed by atoms with Gasteiger partial charge in [-0.15, -0.1) is 10.2 Å². The van der Waals surface area contributed by atoms with Crippen molar-refractivity contribution in [3.05, 3.63) is 48.2 Å². The van der Waals surface area contributed by atoms with Crippen molar-refractivity contribution in [2.75, 3.05) is 16.5 Å². The molecule has 0 bridgehead atoms. The number of aryl methyl sites for hydroxylation is 1. The van der Waals surface area contributed by atoms with Crippen molar-refractivity contribution in [1.29, 1.82) is 0 Å². The number of carbonyl (C=O) groups excluding carboxylic acids is 1. The van der Waals surface area contributed by atoms with Crippen molar-refractivity contribution < 1.29 is 9.18 Å². The van der Waals surface area contributed by atoms with E-state index in [1.807, 2.05) is 36.3 Å². The van der Waals surface area contributed by atoms with Crippen LogP contribution in [0, 0.1) is 18.7 Å². The van der Waals surface area contributed by atoms with Crippen LogP contribution in [0.3, 0.4) is 0 Å². The van der Waals surface area contributed by atoms with Gasteiger partial charge in [-0.25, -0.2) is 19.3 Å². The zero-order chi connectivity index (χ0) is 21.5. The second-order valence-electron chi connectivity index (χ2n) is 7.77. The second-order valence-corrected chi connectivity index (χ2v) is 8.54. The largest absolute Gasteiger partial charge is 0.339 e. The molecule has 2 fully saturated rings. The maximum atomic E-state index is 13.2. The molecule has 1 N–H and O–H groups in total. The molecular formula is C21H20FN7OS. The molecule has 2 unspecified atom stereocenters. The van der Waals surface area contributed by atoms with Gasteiger partial charge in [0.15, 0.2) is 17.5 Å². The summed E-state index contributed by atoms with van der Waals surface area (Å²) in [6.45, 7) is 1.92. The first-order chi connectivity index (χ1) is 15.0. The van der Waals surface area contributed by atoms with E-state index in [-0.39, 0.29) is 11.9 Å². The summed E-state index contributed by atoms with van der Waals surface area (Å²) in [6.07, 6.45) is 7.69. The highest BCUT2D eigenvalue weighted by Crippen LogP contribution is 2.49. The number of amides is 1. The number of nitrogens with one attached hydrogen (secondary N) is 1. The van der Waals surface area contributed by atoms with Gasteiger partial charge in [-0.1, -0.05) is 17.8 Å². The molecule has 158 valence electrons. The maximum Gasteiger partial charge on any atom is 0.247 e. The number of fused-ring (bicyclic) bond motifs is 1. The maximum absolute atomic E-state index is 13.2. The molecule has 1 aliphatic heterocycles. The van der Waals surface area contributed by atoms with Crippen molar-refractivity contribution in [2.45, 2.75) is 37.0 Å². The summed E-state index contributed by atoms with van der Waals surface area (Å²) in [5.41, 5.74) is 2.32. The van der Waals surface area contributed by atoms with Gasteiger partial charge in [0.05, 0.1) is 18.6 Å². The first-order valence-electron chi connectivity index (χ1n) is 9.95. The van der Waals surface area contributed by atoms with Crippen LogP contribution < -0.4 is 10.2 Å². The normalized spacial score (nSPS) is 21.6. The van der Waals surface area contributed by atoms with Crippen molar-refractivity contribution in [3.8, 4) is 11.4 Å². The Labute approximate surface area is 182 Å². The van der Waals surface area contributed by atoms with E-state index in [4.69, 9.17) is 0 Å². The van der Waals surface area contributed by atoms with Crippen LogP contribution in [0.4, 0.5) is 15.9 Å². The topological polar surface area (TPSA) is 96.8 Å². The average Bonchev–Trinajstić information content (AvgIpc) is 3.45. The molecule has 1 saturated carbocycles. The molecule has 0 radical (unpaired) electrons. The van der Waals surface area contributed by atoms with Crippen molar-refractivity contribution in [1.82, 2.24) is 25.1 Å². The minimum Gasteiger partial charge on any atom is -0.339 e. The standard InChI is InChI=1S/C21H20FN7OS/c1-11-3-4-14(7-15(11)19-23-8-13(22)9-24-19)26-20(30)17-6-12-5-16(12)29(17)18-10-25-21(31-2)28-27-18/h3-4,7-10,12,16-17H,5-6H2,1-2H3,(H,26,30)/t12-,16?,17?/m1/s1. The summed E-state index contributed by atoms with van der Waals surface area (Å²) in [4.78, 5) is 27.6. The lowest BCUT2D eigenvalue weighted by molar-refractivity contribution is -0.117. The van der Waals surface area contributed by atoms with E-state index >= 15 is 0 Å². The lowest BCUT2D eigenvalue weighted by Gasteiger charge is -2.27. The lowest BCUT2D eigenvalue weighted by Crippen LogP contribution is -2.42. The summed E-state index contributed by atoms with van der Waals surface area (Å²) in [6, 6.07) is 5.53. The van der Waals surface area contributed by atoms with E-state index in [2.05, 4.69) is 30.5 Å². The summed E-state index contributed by atoms with van der Waals surface area (Å²) in [5.74, 6) is 0.951. The van der Waals surface area contributed by atoms with Crippen LogP contribution in [0.15, 0.2) is 41.9 Å². The fraction of sp³-hybridized carbons (Fsp3) is 0.333. The molecule has 10 heteroatoms. The summed E-state index contributed by atoms with van der Waals surface area (Å²) in [5, 5.41) is 12.0. The van der Waals surface area contributed by atoms with Gasteiger partial charge in [0.2, 0.25) is 11.1 Å². The number of aromatic nitrogens is 5. The molecule has 3 aromatic rings. The first-order valence-corrected chi connectivity index (χ1v) is 11.2. The fourth-order valence-corrected chi connectivity index (χ4v) is 4.39. The van der Waals surface area contributed by atoms with Crippen molar-refractivity contribution >= 4 is 29.2 Å². The number of hydrogen-bond donors (Lipinski definition) is 1. The number of piperidine rings is 1. The highest BCUT2D eigenvalue weighted by atomic mass is 32.2. The third-order valence-corrected chi connectivity index (χ3v) is 6.30. The molecule has 3 heterocycles. The number of halogens is 1. The molecule has 1 amide bonds. The average molecular weight is 438 g/mol. The van der Waals surface area contributed by atoms with Gasteiger partial charge in [0.1, 0.15) is 6.04 Å². The van der Waals surface area contributed by atoms with E-state index in [0.29, 0.717) is 34.4 Å². The zero-order valence-electron chi connectivity index (χ0n) is 17.0. The third kappa shape index (κ3) is 3.83. The molecule has 1 saturated heterocycles. The molecule has 5 rings (SSSR count). The summed E-state index contributed by atoms with van der Waals surface area (Å²) in [7, 11) is 0. The Morgan fingerprint density at radius 1 is 1.16 bits per heavy atom. The van der Waals surface area contributed by atoms with Gasteiger partial charge in [-0.05, 0) is 49.6 Å². The van der Waals surface area contributed by atoms with Crippen molar-refractivity contribution in [2.24, 2.45) is 5.92 Å². The van der Waals surface area contributed by atoms with Crippen LogP contribution in [0.1, 0.15) is 18.4 Å². The van der Waals surface area contributed by atoms with E-state index in [0.717, 1.165) is 36.4 Å². The second kappa shape index (κ2) is 7.84. The monoisotopic (exact) mass is 437 g/mol. The highest BCUT2D eigenvalue weighted by Gasteiger charge is 2.55. The minimum absolute atomic E-state index is 0.0993. The number of anilines is 2. The Morgan fingerprint density at radius 3 is 2.68 bits per heavy atom. The number of thioether (sulfide) groups is 1.